The van der Waals surface area contributed by atoms with Crippen molar-refractivity contribution in [3.05, 3.63) is 54.6 Å². The molecule has 2 fully saturated rings. The van der Waals surface area contributed by atoms with Gasteiger partial charge in [0.05, 0.1) is 12.0 Å². The van der Waals surface area contributed by atoms with E-state index in [-0.39, 0.29) is 37.5 Å². The second-order valence-electron chi connectivity index (χ2n) is 7.20. The fourth-order valence-corrected chi connectivity index (χ4v) is 3.44. The number of hydrogen-bond donors (Lipinski definition) is 2. The van der Waals surface area contributed by atoms with E-state index in [4.69, 9.17) is 9.84 Å². The van der Waals surface area contributed by atoms with Crippen LogP contribution in [0.3, 0.4) is 0 Å². The summed E-state index contributed by atoms with van der Waals surface area (Å²) in [6, 6.07) is 16.0. The van der Waals surface area contributed by atoms with Gasteiger partial charge in [0.2, 0.25) is 5.91 Å². The lowest BCUT2D eigenvalue weighted by Crippen LogP contribution is -2.57. The van der Waals surface area contributed by atoms with Crippen molar-refractivity contribution in [2.45, 2.75) is 12.5 Å². The first-order valence-corrected chi connectivity index (χ1v) is 9.41. The van der Waals surface area contributed by atoms with Crippen LogP contribution < -0.4 is 15.0 Å². The number of carboxylic acids is 1. The molecule has 8 nitrogen and oxygen atoms in total. The van der Waals surface area contributed by atoms with Gasteiger partial charge in [0, 0.05) is 31.7 Å². The van der Waals surface area contributed by atoms with Crippen LogP contribution in [-0.4, -0.2) is 53.6 Å². The molecule has 8 heteroatoms. The van der Waals surface area contributed by atoms with E-state index in [0.29, 0.717) is 12.3 Å². The van der Waals surface area contributed by atoms with E-state index in [2.05, 4.69) is 5.32 Å². The summed E-state index contributed by atoms with van der Waals surface area (Å²) < 4.78 is 5.76. The van der Waals surface area contributed by atoms with Crippen molar-refractivity contribution in [2.75, 3.05) is 24.5 Å². The summed E-state index contributed by atoms with van der Waals surface area (Å²) in [5, 5.41) is 11.7. The number of urea groups is 1. The lowest BCUT2D eigenvalue weighted by Gasteiger charge is -2.37. The van der Waals surface area contributed by atoms with Crippen molar-refractivity contribution in [3.63, 3.8) is 0 Å². The van der Waals surface area contributed by atoms with E-state index in [0.717, 1.165) is 11.4 Å². The molecule has 4 rings (SSSR count). The van der Waals surface area contributed by atoms with Crippen LogP contribution in [0.15, 0.2) is 54.6 Å². The van der Waals surface area contributed by atoms with Crippen LogP contribution >= 0.6 is 0 Å². The predicted octanol–water partition coefficient (Wildman–Crippen LogP) is 2.31. The van der Waals surface area contributed by atoms with Gasteiger partial charge in [0.25, 0.3) is 0 Å². The highest BCUT2D eigenvalue weighted by Crippen LogP contribution is 2.27. The van der Waals surface area contributed by atoms with Crippen molar-refractivity contribution in [3.8, 4) is 11.5 Å². The Balaban J connectivity index is 1.32. The Kier molecular flexibility index (Phi) is 5.07. The number of nitrogens with one attached hydrogen (secondary N) is 1. The number of likely N-dealkylation sites (tertiary alicyclic amines) is 1. The smallest absolute Gasteiger partial charge is 0.317 e. The second-order valence-corrected chi connectivity index (χ2v) is 7.20. The number of ether oxygens (including phenoxy) is 1. The maximum absolute atomic E-state index is 12.4. The highest BCUT2D eigenvalue weighted by atomic mass is 16.5. The number of carbonyl (C=O) groups excluding carboxylic acids is 2. The molecule has 2 heterocycles. The van der Waals surface area contributed by atoms with E-state index in [1.54, 1.807) is 17.0 Å². The Morgan fingerprint density at radius 3 is 2.28 bits per heavy atom. The van der Waals surface area contributed by atoms with E-state index in [1.807, 2.05) is 42.5 Å². The van der Waals surface area contributed by atoms with E-state index in [1.165, 1.54) is 4.90 Å². The number of hydrogen-bond acceptors (Lipinski definition) is 4. The summed E-state index contributed by atoms with van der Waals surface area (Å²) in [6.45, 7) is 0.780. The van der Waals surface area contributed by atoms with Crippen molar-refractivity contribution in [1.29, 1.82) is 0 Å². The third-order valence-corrected chi connectivity index (χ3v) is 5.10. The number of aliphatic carboxylic acids is 1. The first-order valence-electron chi connectivity index (χ1n) is 9.41. The van der Waals surface area contributed by atoms with Crippen LogP contribution in [0.1, 0.15) is 6.42 Å². The minimum atomic E-state index is -0.893. The number of carboxylic acid groups (broad SMARTS) is 1. The quantitative estimate of drug-likeness (QED) is 0.809. The standard InChI is InChI=1S/C21H21N3O5/c25-19-10-15(22-21(28)23-11-14(12-23)20(26)27)13-24(19)16-6-8-18(9-7-16)29-17-4-2-1-3-5-17/h1-9,14-15H,10-13H2,(H,22,28)(H,26,27). The Morgan fingerprint density at radius 2 is 1.62 bits per heavy atom. The first kappa shape index (κ1) is 18.8. The van der Waals surface area contributed by atoms with Gasteiger partial charge in [-0.1, -0.05) is 18.2 Å². The Labute approximate surface area is 167 Å². The summed E-state index contributed by atoms with van der Waals surface area (Å²) in [6.07, 6.45) is 0.213. The molecule has 0 spiro atoms. The molecular formula is C21H21N3O5. The van der Waals surface area contributed by atoms with Gasteiger partial charge in [-0.25, -0.2) is 4.79 Å². The highest BCUT2D eigenvalue weighted by molar-refractivity contribution is 5.97. The summed E-state index contributed by atoms with van der Waals surface area (Å²) in [4.78, 5) is 38.5. The van der Waals surface area contributed by atoms with Crippen LogP contribution in [0.5, 0.6) is 11.5 Å². The number of anilines is 1. The van der Waals surface area contributed by atoms with E-state index in [9.17, 15) is 14.4 Å². The van der Waals surface area contributed by atoms with Crippen LogP contribution in [0.2, 0.25) is 0 Å². The fourth-order valence-electron chi connectivity index (χ4n) is 3.44. The fraction of sp³-hybridized carbons (Fsp3) is 0.286. The van der Waals surface area contributed by atoms with E-state index >= 15 is 0 Å². The molecule has 150 valence electrons. The lowest BCUT2D eigenvalue weighted by atomic mass is 10.0. The number of nitrogens with zero attached hydrogens (tertiary/aromatic N) is 2. The third kappa shape index (κ3) is 4.16. The summed E-state index contributed by atoms with van der Waals surface area (Å²) in [7, 11) is 0. The zero-order valence-electron chi connectivity index (χ0n) is 15.7. The Bertz CT molecular complexity index is 910. The molecule has 2 aliphatic rings. The molecule has 0 aromatic heterocycles. The Morgan fingerprint density at radius 1 is 0.966 bits per heavy atom. The molecule has 0 aliphatic carbocycles. The molecule has 29 heavy (non-hydrogen) atoms. The summed E-state index contributed by atoms with van der Waals surface area (Å²) in [5.41, 5.74) is 0.738. The first-order chi connectivity index (χ1) is 14.0. The van der Waals surface area contributed by atoms with Crippen molar-refractivity contribution in [1.82, 2.24) is 10.2 Å². The molecular weight excluding hydrogens is 374 g/mol. The van der Waals surface area contributed by atoms with Gasteiger partial charge in [-0.05, 0) is 36.4 Å². The van der Waals surface area contributed by atoms with Crippen molar-refractivity contribution < 1.29 is 24.2 Å². The number of rotatable bonds is 5. The van der Waals surface area contributed by atoms with Crippen LogP contribution in [0.25, 0.3) is 0 Å². The lowest BCUT2D eigenvalue weighted by molar-refractivity contribution is -0.146. The predicted molar refractivity (Wildman–Crippen MR) is 105 cm³/mol. The molecule has 2 aromatic rings. The van der Waals surface area contributed by atoms with Gasteiger partial charge in [0.1, 0.15) is 11.5 Å². The number of carbonyl (C=O) groups is 3. The average Bonchev–Trinajstić information content (AvgIpc) is 3.01. The number of benzene rings is 2. The topological polar surface area (TPSA) is 99.2 Å². The van der Waals surface area contributed by atoms with Crippen LogP contribution in [-0.2, 0) is 9.59 Å². The highest BCUT2D eigenvalue weighted by Gasteiger charge is 2.38. The largest absolute Gasteiger partial charge is 0.481 e. The molecule has 2 saturated heterocycles. The number of para-hydroxylation sites is 1. The normalized spacial score (nSPS) is 19.0. The van der Waals surface area contributed by atoms with Crippen LogP contribution in [0.4, 0.5) is 10.5 Å². The Hall–Kier alpha value is -3.55. The molecule has 0 radical (unpaired) electrons. The zero-order chi connectivity index (χ0) is 20.4. The molecule has 3 amide bonds. The molecule has 1 atom stereocenters. The van der Waals surface area contributed by atoms with Gasteiger partial charge >= 0.3 is 12.0 Å². The molecule has 2 N–H and O–H groups in total. The van der Waals surface area contributed by atoms with Gasteiger partial charge in [0.15, 0.2) is 0 Å². The average molecular weight is 395 g/mol. The maximum Gasteiger partial charge on any atom is 0.317 e. The van der Waals surface area contributed by atoms with Gasteiger partial charge < -0.3 is 25.0 Å². The third-order valence-electron chi connectivity index (χ3n) is 5.10. The molecule has 2 aliphatic heterocycles. The number of amides is 3. The maximum atomic E-state index is 12.4. The molecule has 0 saturated carbocycles. The molecule has 0 bridgehead atoms. The van der Waals surface area contributed by atoms with Crippen molar-refractivity contribution >= 4 is 23.6 Å². The summed E-state index contributed by atoms with van der Waals surface area (Å²) >= 11 is 0. The van der Waals surface area contributed by atoms with Gasteiger partial charge in [-0.3, -0.25) is 9.59 Å². The molecule has 2 aromatic carbocycles. The molecule has 1 unspecified atom stereocenters. The van der Waals surface area contributed by atoms with E-state index < -0.39 is 11.9 Å². The van der Waals surface area contributed by atoms with Gasteiger partial charge in [-0.15, -0.1) is 0 Å². The second kappa shape index (κ2) is 7.83. The van der Waals surface area contributed by atoms with Crippen LogP contribution in [0, 0.1) is 5.92 Å². The minimum Gasteiger partial charge on any atom is -0.481 e. The summed E-state index contributed by atoms with van der Waals surface area (Å²) in [5.74, 6) is -0.0623. The van der Waals surface area contributed by atoms with Crippen molar-refractivity contribution in [2.24, 2.45) is 5.92 Å². The zero-order valence-corrected chi connectivity index (χ0v) is 15.7. The van der Waals surface area contributed by atoms with Gasteiger partial charge in [-0.2, -0.15) is 0 Å². The monoisotopic (exact) mass is 395 g/mol. The SMILES string of the molecule is O=C(O)C1CN(C(=O)NC2CC(=O)N(c3ccc(Oc4ccccc4)cc3)C2)C1. The minimum absolute atomic E-state index is 0.0703.